The van der Waals surface area contributed by atoms with E-state index >= 15 is 0 Å². The number of halogens is 1. The molecule has 0 amide bonds. The van der Waals surface area contributed by atoms with Crippen molar-refractivity contribution in [2.45, 2.75) is 19.9 Å². The number of imidazole rings is 1. The minimum absolute atomic E-state index is 0.000824. The van der Waals surface area contributed by atoms with Crippen LogP contribution >= 0.6 is 15.9 Å². The molecule has 0 saturated heterocycles. The van der Waals surface area contributed by atoms with Gasteiger partial charge in [0.25, 0.3) is 5.56 Å². The molecule has 2 heterocycles. The predicted octanol–water partition coefficient (Wildman–Crippen LogP) is 1.77. The van der Waals surface area contributed by atoms with Gasteiger partial charge < -0.3 is 14.4 Å². The molecule has 1 aromatic carbocycles. The molecule has 11 heteroatoms. The summed E-state index contributed by atoms with van der Waals surface area (Å²) in [5.41, 5.74) is 3.28. The first kappa shape index (κ1) is 20.6. The van der Waals surface area contributed by atoms with E-state index in [2.05, 4.69) is 31.4 Å². The molecule has 0 saturated carbocycles. The molecule has 0 fully saturated rings. The Hall–Kier alpha value is -3.08. The number of aromatic nitrogens is 4. The number of benzene rings is 1. The zero-order valence-corrected chi connectivity index (χ0v) is 18.0. The van der Waals surface area contributed by atoms with Crippen LogP contribution in [0.4, 0.5) is 5.95 Å². The SMILES string of the molecule is CCCn1c(N/N=C/c2cc(Br)c(O)c(OC)c2)nc2c1c(=O)n(C)c(=O)n2C. The first-order chi connectivity index (χ1) is 13.8. The number of nitrogens with one attached hydrogen (secondary N) is 1. The van der Waals surface area contributed by atoms with Crippen molar-refractivity contribution in [3.8, 4) is 11.5 Å². The Morgan fingerprint density at radius 3 is 2.69 bits per heavy atom. The lowest BCUT2D eigenvalue weighted by Gasteiger charge is -2.08. The highest BCUT2D eigenvalue weighted by molar-refractivity contribution is 9.10. The number of rotatable bonds is 6. The second-order valence-corrected chi connectivity index (χ2v) is 7.24. The van der Waals surface area contributed by atoms with E-state index in [1.807, 2.05) is 6.92 Å². The van der Waals surface area contributed by atoms with Gasteiger partial charge in [-0.3, -0.25) is 13.9 Å². The van der Waals surface area contributed by atoms with Crippen LogP contribution in [0.15, 0.2) is 31.3 Å². The molecule has 2 N–H and O–H groups in total. The molecular formula is C18H21BrN6O4. The van der Waals surface area contributed by atoms with Gasteiger partial charge in [0, 0.05) is 20.6 Å². The average Bonchev–Trinajstić information content (AvgIpc) is 3.06. The van der Waals surface area contributed by atoms with Crippen LogP contribution < -0.4 is 21.4 Å². The van der Waals surface area contributed by atoms with Crippen molar-refractivity contribution in [1.82, 2.24) is 18.7 Å². The number of fused-ring (bicyclic) bond motifs is 1. The molecule has 0 aliphatic heterocycles. The van der Waals surface area contributed by atoms with Crippen molar-refractivity contribution in [3.63, 3.8) is 0 Å². The van der Waals surface area contributed by atoms with Crippen LogP contribution in [-0.2, 0) is 20.6 Å². The Morgan fingerprint density at radius 1 is 1.31 bits per heavy atom. The number of nitrogens with zero attached hydrogens (tertiary/aromatic N) is 5. The van der Waals surface area contributed by atoms with Gasteiger partial charge in [-0.05, 0) is 40.0 Å². The van der Waals surface area contributed by atoms with Crippen molar-refractivity contribution in [3.05, 3.63) is 43.0 Å². The molecule has 29 heavy (non-hydrogen) atoms. The first-order valence-electron chi connectivity index (χ1n) is 8.82. The van der Waals surface area contributed by atoms with Gasteiger partial charge in [0.2, 0.25) is 5.95 Å². The molecule has 10 nitrogen and oxygen atoms in total. The number of methoxy groups -OCH3 is 1. The van der Waals surface area contributed by atoms with Gasteiger partial charge in [-0.25, -0.2) is 10.2 Å². The Balaban J connectivity index is 2.04. The maximum absolute atomic E-state index is 12.6. The van der Waals surface area contributed by atoms with Crippen molar-refractivity contribution < 1.29 is 9.84 Å². The molecule has 154 valence electrons. The molecule has 0 aliphatic carbocycles. The maximum atomic E-state index is 12.6. The first-order valence-corrected chi connectivity index (χ1v) is 9.61. The van der Waals surface area contributed by atoms with Gasteiger partial charge in [0.05, 0.1) is 17.8 Å². The Morgan fingerprint density at radius 2 is 2.03 bits per heavy atom. The van der Waals surface area contributed by atoms with Gasteiger partial charge in [0.15, 0.2) is 22.7 Å². The Bertz CT molecular complexity index is 1220. The van der Waals surface area contributed by atoms with E-state index in [9.17, 15) is 14.7 Å². The number of anilines is 1. The van der Waals surface area contributed by atoms with Crippen LogP contribution in [0.3, 0.4) is 0 Å². The molecule has 0 spiro atoms. The molecule has 0 bridgehead atoms. The van der Waals surface area contributed by atoms with Crippen LogP contribution in [-0.4, -0.2) is 37.1 Å². The van der Waals surface area contributed by atoms with Crippen LogP contribution in [0, 0.1) is 0 Å². The number of hydrogen-bond donors (Lipinski definition) is 2. The summed E-state index contributed by atoms with van der Waals surface area (Å²) >= 11 is 3.26. The molecule has 3 aromatic rings. The predicted molar refractivity (Wildman–Crippen MR) is 114 cm³/mol. The third-order valence-electron chi connectivity index (χ3n) is 4.44. The van der Waals surface area contributed by atoms with E-state index in [0.717, 1.165) is 11.0 Å². The van der Waals surface area contributed by atoms with Crippen molar-refractivity contribution in [2.24, 2.45) is 19.2 Å². The fourth-order valence-corrected chi connectivity index (χ4v) is 3.42. The van der Waals surface area contributed by atoms with Gasteiger partial charge in [-0.15, -0.1) is 0 Å². The quantitative estimate of drug-likeness (QED) is 0.424. The summed E-state index contributed by atoms with van der Waals surface area (Å²) < 4.78 is 9.69. The van der Waals surface area contributed by atoms with E-state index in [4.69, 9.17) is 4.74 Å². The lowest BCUT2D eigenvalue weighted by molar-refractivity contribution is 0.372. The van der Waals surface area contributed by atoms with Crippen molar-refractivity contribution in [1.29, 1.82) is 0 Å². The monoisotopic (exact) mass is 464 g/mol. The second kappa shape index (κ2) is 8.11. The summed E-state index contributed by atoms with van der Waals surface area (Å²) in [6.45, 7) is 2.51. The molecule has 2 aromatic heterocycles. The average molecular weight is 465 g/mol. The minimum atomic E-state index is -0.445. The summed E-state index contributed by atoms with van der Waals surface area (Å²) in [7, 11) is 4.47. The zero-order valence-electron chi connectivity index (χ0n) is 16.4. The third kappa shape index (κ3) is 3.65. The van der Waals surface area contributed by atoms with Crippen LogP contribution in [0.5, 0.6) is 11.5 Å². The van der Waals surface area contributed by atoms with Gasteiger partial charge in [-0.1, -0.05) is 6.92 Å². The minimum Gasteiger partial charge on any atom is -0.503 e. The third-order valence-corrected chi connectivity index (χ3v) is 5.05. The van der Waals surface area contributed by atoms with E-state index < -0.39 is 11.2 Å². The fourth-order valence-electron chi connectivity index (χ4n) is 2.96. The van der Waals surface area contributed by atoms with E-state index in [0.29, 0.717) is 39.4 Å². The largest absolute Gasteiger partial charge is 0.503 e. The maximum Gasteiger partial charge on any atom is 0.332 e. The number of ether oxygens (including phenoxy) is 1. The molecule has 0 atom stereocenters. The molecule has 3 rings (SSSR count). The lowest BCUT2D eigenvalue weighted by Crippen LogP contribution is -2.37. The standard InChI is InChI=1S/C18H21BrN6O4/c1-5-6-25-13-15(23(2)18(28)24(3)16(13)27)21-17(25)22-20-9-10-7-11(19)14(26)12(8-10)29-4/h7-9,26H,5-6H2,1-4H3,(H,21,22)/b20-9+. The van der Waals surface area contributed by atoms with E-state index in [1.165, 1.54) is 24.9 Å². The summed E-state index contributed by atoms with van der Waals surface area (Å²) in [5, 5.41) is 14.1. The highest BCUT2D eigenvalue weighted by atomic mass is 79.9. The van der Waals surface area contributed by atoms with Crippen LogP contribution in [0.25, 0.3) is 11.2 Å². The van der Waals surface area contributed by atoms with Gasteiger partial charge in [-0.2, -0.15) is 10.1 Å². The summed E-state index contributed by atoms with van der Waals surface area (Å²) in [4.78, 5) is 29.2. The Labute approximate surface area is 174 Å². The van der Waals surface area contributed by atoms with Gasteiger partial charge >= 0.3 is 5.69 Å². The fraction of sp³-hybridized carbons (Fsp3) is 0.333. The lowest BCUT2D eigenvalue weighted by atomic mass is 10.2. The zero-order chi connectivity index (χ0) is 21.3. The highest BCUT2D eigenvalue weighted by Crippen LogP contribution is 2.34. The number of hydrogen-bond acceptors (Lipinski definition) is 7. The number of phenols is 1. The van der Waals surface area contributed by atoms with Gasteiger partial charge in [0.1, 0.15) is 0 Å². The molecule has 0 radical (unpaired) electrons. The number of aromatic hydroxyl groups is 1. The molecule has 0 unspecified atom stereocenters. The summed E-state index contributed by atoms with van der Waals surface area (Å²) in [6, 6.07) is 3.30. The van der Waals surface area contributed by atoms with Crippen LogP contribution in [0.1, 0.15) is 18.9 Å². The number of aryl methyl sites for hydroxylation is 2. The topological polar surface area (TPSA) is 116 Å². The number of phenolic OH excluding ortho intramolecular Hbond substituents is 1. The summed E-state index contributed by atoms with van der Waals surface area (Å²) in [5.74, 6) is 0.651. The second-order valence-electron chi connectivity index (χ2n) is 6.39. The highest BCUT2D eigenvalue weighted by Gasteiger charge is 2.18. The van der Waals surface area contributed by atoms with Crippen LogP contribution in [0.2, 0.25) is 0 Å². The summed E-state index contributed by atoms with van der Waals surface area (Å²) in [6.07, 6.45) is 2.29. The van der Waals surface area contributed by atoms with E-state index in [-0.39, 0.29) is 5.75 Å². The normalized spacial score (nSPS) is 11.5. The van der Waals surface area contributed by atoms with Crippen molar-refractivity contribution >= 4 is 39.3 Å². The smallest absolute Gasteiger partial charge is 0.332 e. The molecular weight excluding hydrogens is 444 g/mol. The number of hydrazone groups is 1. The molecule has 0 aliphatic rings. The van der Waals surface area contributed by atoms with Crippen molar-refractivity contribution in [2.75, 3.05) is 12.5 Å². The van der Waals surface area contributed by atoms with E-state index in [1.54, 1.807) is 23.7 Å². The Kier molecular flexibility index (Phi) is 5.78.